The first-order chi connectivity index (χ1) is 8.17. The molecule has 0 spiro atoms. The second-order valence-electron chi connectivity index (χ2n) is 4.79. The molecule has 1 rings (SSSR count). The van der Waals surface area contributed by atoms with Gasteiger partial charge in [-0.15, -0.1) is 0 Å². The number of halogens is 1. The molecule has 0 amide bonds. The van der Waals surface area contributed by atoms with Gasteiger partial charge in [0.1, 0.15) is 0 Å². The molecule has 17 heavy (non-hydrogen) atoms. The first kappa shape index (κ1) is 14.6. The van der Waals surface area contributed by atoms with Crippen LogP contribution in [0.5, 0.6) is 0 Å². The molecule has 2 heteroatoms. The maximum absolute atomic E-state index is 3.51. The molecule has 0 fully saturated rings. The van der Waals surface area contributed by atoms with E-state index in [1.54, 1.807) is 0 Å². The van der Waals surface area contributed by atoms with E-state index >= 15 is 0 Å². The summed E-state index contributed by atoms with van der Waals surface area (Å²) in [6, 6.07) is 8.85. The fourth-order valence-electron chi connectivity index (χ4n) is 1.93. The van der Waals surface area contributed by atoms with Gasteiger partial charge in [0.25, 0.3) is 0 Å². The number of rotatable bonds is 7. The van der Waals surface area contributed by atoms with Gasteiger partial charge in [-0.05, 0) is 44.7 Å². The Morgan fingerprint density at radius 3 is 2.35 bits per heavy atom. The predicted molar refractivity (Wildman–Crippen MR) is 81.3 cm³/mol. The molecule has 0 saturated heterocycles. The topological polar surface area (TPSA) is 3.24 Å². The second kappa shape index (κ2) is 7.75. The van der Waals surface area contributed by atoms with Crippen LogP contribution in [0, 0.1) is 12.8 Å². The van der Waals surface area contributed by atoms with E-state index in [0.29, 0.717) is 0 Å². The van der Waals surface area contributed by atoms with Gasteiger partial charge in [-0.25, -0.2) is 0 Å². The second-order valence-corrected chi connectivity index (χ2v) is 5.58. The van der Waals surface area contributed by atoms with Gasteiger partial charge < -0.3 is 4.90 Å². The third-order valence-corrected chi connectivity index (χ3v) is 3.73. The Hall–Kier alpha value is -0.500. The van der Waals surface area contributed by atoms with Gasteiger partial charge in [0.05, 0.1) is 0 Å². The van der Waals surface area contributed by atoms with Crippen LogP contribution in [0.2, 0.25) is 0 Å². The minimum absolute atomic E-state index is 0.800. The van der Waals surface area contributed by atoms with Crippen LogP contribution in [-0.2, 0) is 0 Å². The van der Waals surface area contributed by atoms with Crippen molar-refractivity contribution in [1.29, 1.82) is 0 Å². The summed E-state index contributed by atoms with van der Waals surface area (Å²) in [5.74, 6) is 0.800. The maximum Gasteiger partial charge on any atom is 0.0366 e. The molecule has 1 atom stereocenters. The zero-order valence-corrected chi connectivity index (χ0v) is 12.8. The van der Waals surface area contributed by atoms with E-state index in [0.717, 1.165) is 24.3 Å². The summed E-state index contributed by atoms with van der Waals surface area (Å²) in [7, 11) is 0. The summed E-state index contributed by atoms with van der Waals surface area (Å²) in [4.78, 5) is 2.46. The largest absolute Gasteiger partial charge is 0.372 e. The van der Waals surface area contributed by atoms with Gasteiger partial charge >= 0.3 is 0 Å². The Bertz CT molecular complexity index is 307. The molecular weight excluding hydrogens is 274 g/mol. The van der Waals surface area contributed by atoms with Crippen LogP contribution in [-0.4, -0.2) is 18.4 Å². The maximum atomic E-state index is 3.51. The molecule has 0 bridgehead atoms. The molecule has 0 aliphatic heterocycles. The number of hydrogen-bond donors (Lipinski definition) is 0. The van der Waals surface area contributed by atoms with E-state index in [1.165, 1.54) is 24.1 Å². The van der Waals surface area contributed by atoms with Crippen molar-refractivity contribution in [2.24, 2.45) is 5.92 Å². The molecule has 0 aliphatic rings. The average molecular weight is 298 g/mol. The summed E-state index contributed by atoms with van der Waals surface area (Å²) >= 11 is 3.51. The fraction of sp³-hybridized carbons (Fsp3) is 0.600. The molecule has 0 aromatic heterocycles. The number of aryl methyl sites for hydroxylation is 1. The number of benzene rings is 1. The van der Waals surface area contributed by atoms with E-state index in [2.05, 4.69) is 65.9 Å². The highest BCUT2D eigenvalue weighted by Gasteiger charge is 2.07. The van der Waals surface area contributed by atoms with Crippen molar-refractivity contribution >= 4 is 21.6 Å². The van der Waals surface area contributed by atoms with Gasteiger partial charge in [-0.2, -0.15) is 0 Å². The molecule has 1 aromatic carbocycles. The minimum Gasteiger partial charge on any atom is -0.372 e. The number of hydrogen-bond acceptors (Lipinski definition) is 1. The SMILES string of the molecule is CCN(CCC(C)CCBr)c1ccc(C)cc1. The Morgan fingerprint density at radius 2 is 1.82 bits per heavy atom. The zero-order valence-electron chi connectivity index (χ0n) is 11.2. The average Bonchev–Trinajstić information content (AvgIpc) is 2.32. The minimum atomic E-state index is 0.800. The smallest absolute Gasteiger partial charge is 0.0366 e. The first-order valence-electron chi connectivity index (χ1n) is 6.55. The van der Waals surface area contributed by atoms with Gasteiger partial charge in [-0.3, -0.25) is 0 Å². The van der Waals surface area contributed by atoms with Crippen LogP contribution in [0.3, 0.4) is 0 Å². The van der Waals surface area contributed by atoms with Crippen LogP contribution in [0.15, 0.2) is 24.3 Å². The Kier molecular flexibility index (Phi) is 6.64. The van der Waals surface area contributed by atoms with Crippen LogP contribution in [0.4, 0.5) is 5.69 Å². The molecule has 0 radical (unpaired) electrons. The Morgan fingerprint density at radius 1 is 1.18 bits per heavy atom. The lowest BCUT2D eigenvalue weighted by Crippen LogP contribution is -2.25. The van der Waals surface area contributed by atoms with E-state index in [9.17, 15) is 0 Å². The molecule has 1 nitrogen and oxygen atoms in total. The van der Waals surface area contributed by atoms with Gasteiger partial charge in [-0.1, -0.05) is 40.5 Å². The Labute approximate surface area is 114 Å². The van der Waals surface area contributed by atoms with Gasteiger partial charge in [0, 0.05) is 24.1 Å². The lowest BCUT2D eigenvalue weighted by Gasteiger charge is -2.24. The van der Waals surface area contributed by atoms with Crippen LogP contribution in [0.25, 0.3) is 0 Å². The number of alkyl halides is 1. The van der Waals surface area contributed by atoms with E-state index < -0.39 is 0 Å². The van der Waals surface area contributed by atoms with E-state index in [4.69, 9.17) is 0 Å². The van der Waals surface area contributed by atoms with Crippen LogP contribution < -0.4 is 4.90 Å². The van der Waals surface area contributed by atoms with Gasteiger partial charge in [0.2, 0.25) is 0 Å². The highest BCUT2D eigenvalue weighted by atomic mass is 79.9. The Balaban J connectivity index is 2.51. The third kappa shape index (κ3) is 5.12. The quantitative estimate of drug-likeness (QED) is 0.663. The molecule has 0 saturated carbocycles. The normalized spacial score (nSPS) is 12.5. The van der Waals surface area contributed by atoms with Crippen molar-refractivity contribution in [1.82, 2.24) is 0 Å². The van der Waals surface area contributed by atoms with Crippen molar-refractivity contribution in [3.05, 3.63) is 29.8 Å². The molecular formula is C15H24BrN. The van der Waals surface area contributed by atoms with Crippen molar-refractivity contribution in [3.63, 3.8) is 0 Å². The van der Waals surface area contributed by atoms with Crippen molar-refractivity contribution < 1.29 is 0 Å². The molecule has 96 valence electrons. The predicted octanol–water partition coefficient (Wildman–Crippen LogP) is 4.63. The highest BCUT2D eigenvalue weighted by molar-refractivity contribution is 9.09. The molecule has 0 heterocycles. The molecule has 0 aliphatic carbocycles. The monoisotopic (exact) mass is 297 g/mol. The zero-order chi connectivity index (χ0) is 12.7. The standard InChI is InChI=1S/C15H24BrN/c1-4-17(12-10-14(3)9-11-16)15-7-5-13(2)6-8-15/h5-8,14H,4,9-12H2,1-3H3. The molecule has 1 unspecified atom stereocenters. The lowest BCUT2D eigenvalue weighted by atomic mass is 10.0. The van der Waals surface area contributed by atoms with E-state index in [1.807, 2.05) is 0 Å². The van der Waals surface area contributed by atoms with Crippen LogP contribution in [0.1, 0.15) is 32.3 Å². The fourth-order valence-corrected chi connectivity index (χ4v) is 2.71. The van der Waals surface area contributed by atoms with Gasteiger partial charge in [0.15, 0.2) is 0 Å². The third-order valence-electron chi connectivity index (χ3n) is 3.27. The van der Waals surface area contributed by atoms with Crippen molar-refractivity contribution in [3.8, 4) is 0 Å². The van der Waals surface area contributed by atoms with Crippen LogP contribution >= 0.6 is 15.9 Å². The summed E-state index contributed by atoms with van der Waals surface area (Å²) in [6.45, 7) is 8.95. The molecule has 0 N–H and O–H groups in total. The van der Waals surface area contributed by atoms with Crippen molar-refractivity contribution in [2.75, 3.05) is 23.3 Å². The summed E-state index contributed by atoms with van der Waals surface area (Å²) < 4.78 is 0. The number of anilines is 1. The first-order valence-corrected chi connectivity index (χ1v) is 7.67. The van der Waals surface area contributed by atoms with Crippen molar-refractivity contribution in [2.45, 2.75) is 33.6 Å². The van der Waals surface area contributed by atoms with E-state index in [-0.39, 0.29) is 0 Å². The lowest BCUT2D eigenvalue weighted by molar-refractivity contribution is 0.518. The summed E-state index contributed by atoms with van der Waals surface area (Å²) in [6.07, 6.45) is 2.54. The summed E-state index contributed by atoms with van der Waals surface area (Å²) in [5.41, 5.74) is 2.68. The number of nitrogens with zero attached hydrogens (tertiary/aromatic N) is 1. The summed E-state index contributed by atoms with van der Waals surface area (Å²) in [5, 5.41) is 1.12. The molecule has 1 aromatic rings. The highest BCUT2D eigenvalue weighted by Crippen LogP contribution is 2.17.